The number of nitrogens with one attached hydrogen (secondary N) is 4. The Kier molecular flexibility index (Phi) is 70.7. The summed E-state index contributed by atoms with van der Waals surface area (Å²) in [5, 5.41) is 11.4. The quantitative estimate of drug-likeness (QED) is 0.0351. The van der Waals surface area contributed by atoms with Crippen molar-refractivity contribution in [2.24, 2.45) is 17.8 Å². The number of hydrogen-bond donors (Lipinski definition) is 4. The number of carbonyl (C=O) groups excluding carboxylic acids is 7. The molecule has 788 valence electrons. The molecule has 20 heteroatoms. The highest BCUT2D eigenvalue weighted by Crippen LogP contribution is 2.41. The van der Waals surface area contributed by atoms with Crippen molar-refractivity contribution in [3.05, 3.63) is 35.9 Å². The van der Waals surface area contributed by atoms with Gasteiger partial charge in [0.25, 0.3) is 0 Å². The van der Waals surface area contributed by atoms with E-state index in [2.05, 4.69) is 81.6 Å². The topological polar surface area (TPSA) is 239 Å². The van der Waals surface area contributed by atoms with Crippen LogP contribution >= 0.6 is 0 Å². The molecular weight excluding hydrogens is 1690 g/mol. The molecule has 1 unspecified atom stereocenters. The number of hydrogen-bond acceptors (Lipinski definition) is 14. The van der Waals surface area contributed by atoms with Crippen LogP contribution in [0.3, 0.4) is 0 Å². The molecule has 7 amide bonds. The van der Waals surface area contributed by atoms with Gasteiger partial charge in [0.15, 0.2) is 0 Å². The maximum Gasteiger partial charge on any atom is 0.419 e. The van der Waals surface area contributed by atoms with E-state index in [0.29, 0.717) is 36.4 Å². The molecular formula is C115H214N6O14. The summed E-state index contributed by atoms with van der Waals surface area (Å²) < 4.78 is 39.7. The third-order valence-electron chi connectivity index (χ3n) is 29.2. The van der Waals surface area contributed by atoms with Crippen LogP contribution in [-0.4, -0.2) is 131 Å². The molecule has 135 heavy (non-hydrogen) atoms. The van der Waals surface area contributed by atoms with Crippen LogP contribution in [0.2, 0.25) is 0 Å². The molecule has 6 saturated carbocycles. The Morgan fingerprint density at radius 1 is 0.333 bits per heavy atom. The lowest BCUT2D eigenvalue weighted by Gasteiger charge is -2.41. The zero-order chi connectivity index (χ0) is 99.8. The predicted molar refractivity (Wildman–Crippen MR) is 562 cm³/mol. The highest BCUT2D eigenvalue weighted by molar-refractivity contribution is 5.88. The third kappa shape index (κ3) is 61.6. The van der Waals surface area contributed by atoms with Crippen molar-refractivity contribution in [2.75, 3.05) is 32.7 Å². The van der Waals surface area contributed by atoms with E-state index in [1.807, 2.05) is 106 Å². The molecule has 0 aromatic heterocycles. The van der Waals surface area contributed by atoms with Crippen LogP contribution in [0.5, 0.6) is 0 Å². The molecule has 7 rings (SSSR count). The average Bonchev–Trinajstić information content (AvgIpc) is 1.88. The molecule has 1 atom stereocenters. The fourth-order valence-electron chi connectivity index (χ4n) is 19.8. The van der Waals surface area contributed by atoms with E-state index < -0.39 is 29.0 Å². The second kappa shape index (κ2) is 76.1. The molecule has 6 aliphatic rings. The number of nitrogens with zero attached hydrogens (tertiary/aromatic N) is 2. The van der Waals surface area contributed by atoms with Gasteiger partial charge in [0, 0.05) is 44.8 Å². The number of ether oxygens (including phenoxy) is 7. The number of carbonyl (C=O) groups is 7. The van der Waals surface area contributed by atoms with E-state index in [-0.39, 0.29) is 53.4 Å². The Morgan fingerprint density at radius 2 is 0.622 bits per heavy atom. The van der Waals surface area contributed by atoms with Crippen LogP contribution in [0.1, 0.15) is 567 Å². The number of amides is 7. The van der Waals surface area contributed by atoms with Crippen molar-refractivity contribution in [2.45, 2.75) is 607 Å². The fraction of sp³-hybridized carbons (Fsp3) is 0.887. The zero-order valence-corrected chi connectivity index (χ0v) is 91.2. The lowest BCUT2D eigenvalue weighted by molar-refractivity contribution is -0.0529. The minimum Gasteiger partial charge on any atom is -0.444 e. The molecule has 6 fully saturated rings. The molecule has 0 bridgehead atoms. The first-order valence-electron chi connectivity index (χ1n) is 56.8. The van der Waals surface area contributed by atoms with Gasteiger partial charge in [-0.05, 0) is 241 Å². The first kappa shape index (κ1) is 125. The Bertz CT molecular complexity index is 3020. The second-order valence-corrected chi connectivity index (χ2v) is 44.0. The summed E-state index contributed by atoms with van der Waals surface area (Å²) in [6.07, 6.45) is 77.2. The van der Waals surface area contributed by atoms with E-state index in [1.165, 1.54) is 307 Å². The molecule has 0 heterocycles. The van der Waals surface area contributed by atoms with Gasteiger partial charge >= 0.3 is 42.7 Å². The van der Waals surface area contributed by atoms with Gasteiger partial charge < -0.3 is 59.3 Å². The van der Waals surface area contributed by atoms with Crippen LogP contribution in [-0.2, 0) is 33.2 Å². The summed E-state index contributed by atoms with van der Waals surface area (Å²) in [5.41, 5.74) is -1.33. The van der Waals surface area contributed by atoms with E-state index in [4.69, 9.17) is 33.2 Å². The fourth-order valence-corrected chi connectivity index (χ4v) is 19.8. The average molecular weight is 1910 g/mol. The minimum atomic E-state index is -0.574. The van der Waals surface area contributed by atoms with E-state index in [9.17, 15) is 33.6 Å². The van der Waals surface area contributed by atoms with Gasteiger partial charge in [-0.1, -0.05) is 368 Å². The van der Waals surface area contributed by atoms with Crippen LogP contribution in [0.25, 0.3) is 0 Å². The predicted octanol–water partition coefficient (Wildman–Crippen LogP) is 34.8. The third-order valence-corrected chi connectivity index (χ3v) is 29.2. The summed E-state index contributed by atoms with van der Waals surface area (Å²) in [5.74, 6) is 1.21. The largest absolute Gasteiger partial charge is 0.444 e. The lowest BCUT2D eigenvalue weighted by Crippen LogP contribution is -2.49. The van der Waals surface area contributed by atoms with E-state index in [1.54, 1.807) is 0 Å². The Labute approximate surface area is 829 Å². The second-order valence-electron chi connectivity index (χ2n) is 44.0. The summed E-state index contributed by atoms with van der Waals surface area (Å²) in [6.45, 7) is 42.2. The van der Waals surface area contributed by atoms with E-state index in [0.717, 1.165) is 154 Å². The molecule has 4 N–H and O–H groups in total. The maximum atomic E-state index is 13.3. The van der Waals surface area contributed by atoms with Gasteiger partial charge in [0.1, 0.15) is 39.7 Å². The molecule has 20 nitrogen and oxygen atoms in total. The maximum absolute atomic E-state index is 13.3. The molecule has 1 aromatic rings. The molecule has 1 aromatic carbocycles. The summed E-state index contributed by atoms with van der Waals surface area (Å²) in [7, 11) is 0. The SMILES string of the molecule is CC(OC(=O)N(C1CCCCC1)C1CCCCC1)c1ccccc1.CCCCCCCCCN(C(=O)OC(C)(C)C1CCCCC1)C(=O)OC(C)(C)C1CCCCC1.CCCCCCCCCNC(=O)OC(C)(C)C.CCCCCCCCCNC(=O)OC(C)(C)C1CCCCC1.CCCCCCCCCNC(=O)OC(C)(C)CC.CCCCCCCCCNC(=O)OC1(CC)CCCC1. The summed E-state index contributed by atoms with van der Waals surface area (Å²) in [6, 6.07) is 10.8. The standard InChI is InChI=1S/C29H53NO4.C21H31NO2.C19H37NO2.C17H33NO2.C15H31NO2.C14H29NO2/c1-6-7-8-9-10-11-18-23-30(26(31)33-28(2,3)24-19-14-12-15-20-24)27(32)34-29(4,5)25-21-16-13-17-22-25;1-17(18-11-5-2-6-12-18)24-21(23)22(19-13-7-3-8-14-19)20-15-9-4-10-16-20;1-4-5-6-7-8-9-13-16-20-18(21)22-19(2,3)17-14-11-10-12-15-17;1-3-5-6-7-8-9-12-15-18-16(19)20-17(4-2)13-10-11-14-17;1-5-7-8-9-10-11-12-13-16-14(17)18-15(3,4)6-2;1-5-6-7-8-9-10-11-12-15-13(16)17-14(2,3)4/h24-25H,6-23H2,1-5H3;2,5-6,11-12,17,19-20H,3-4,7-10,13-16H2,1H3;17H,4-16H2,1-3H3,(H,20,21);3-15H2,1-2H3,(H,18,19);5-13H2,1-4H3,(H,16,17);5-12H2,1-4H3,(H,15,16). The Morgan fingerprint density at radius 3 is 0.941 bits per heavy atom. The zero-order valence-electron chi connectivity index (χ0n) is 91.2. The molecule has 0 saturated heterocycles. The minimum absolute atomic E-state index is 0.0925. The lowest BCUT2D eigenvalue weighted by atomic mass is 9.79. The van der Waals surface area contributed by atoms with Gasteiger partial charge in [-0.2, -0.15) is 0 Å². The number of benzene rings is 1. The van der Waals surface area contributed by atoms with Crippen molar-refractivity contribution in [3.63, 3.8) is 0 Å². The van der Waals surface area contributed by atoms with Crippen molar-refractivity contribution in [1.29, 1.82) is 0 Å². The Balaban J connectivity index is 0.000000558. The Hall–Kier alpha value is -5.69. The van der Waals surface area contributed by atoms with Crippen LogP contribution < -0.4 is 21.3 Å². The van der Waals surface area contributed by atoms with Gasteiger partial charge in [0.2, 0.25) is 0 Å². The first-order chi connectivity index (χ1) is 64.7. The highest BCUT2D eigenvalue weighted by Gasteiger charge is 2.42. The molecule has 6 aliphatic carbocycles. The number of alkyl carbamates (subject to hydrolysis) is 4. The number of unbranched alkanes of at least 4 members (excludes halogenated alkanes) is 30. The monoisotopic (exact) mass is 1900 g/mol. The molecule has 0 aliphatic heterocycles. The van der Waals surface area contributed by atoms with Gasteiger partial charge in [-0.15, -0.1) is 0 Å². The molecule has 0 spiro atoms. The van der Waals surface area contributed by atoms with E-state index >= 15 is 0 Å². The van der Waals surface area contributed by atoms with Gasteiger partial charge in [0.05, 0.1) is 0 Å². The summed E-state index contributed by atoms with van der Waals surface area (Å²) >= 11 is 0. The van der Waals surface area contributed by atoms with Crippen molar-refractivity contribution < 1.29 is 66.7 Å². The van der Waals surface area contributed by atoms with Crippen LogP contribution in [0.15, 0.2) is 30.3 Å². The smallest absolute Gasteiger partial charge is 0.419 e. The first-order valence-corrected chi connectivity index (χ1v) is 56.8. The normalized spacial score (nSPS) is 16.6. The van der Waals surface area contributed by atoms with Crippen molar-refractivity contribution in [1.82, 2.24) is 31.1 Å². The van der Waals surface area contributed by atoms with Crippen LogP contribution in [0.4, 0.5) is 33.6 Å². The van der Waals surface area contributed by atoms with Crippen molar-refractivity contribution >= 4 is 42.7 Å². The highest BCUT2D eigenvalue weighted by atomic mass is 16.6. The van der Waals surface area contributed by atoms with Gasteiger partial charge in [-0.25, -0.2) is 38.5 Å². The number of imide groups is 1. The summed E-state index contributed by atoms with van der Waals surface area (Å²) in [4.78, 5) is 89.5. The number of rotatable bonds is 54. The van der Waals surface area contributed by atoms with Crippen molar-refractivity contribution in [3.8, 4) is 0 Å². The van der Waals surface area contributed by atoms with Crippen LogP contribution in [0, 0.1) is 17.8 Å². The molecule has 0 radical (unpaired) electrons. The van der Waals surface area contributed by atoms with Gasteiger partial charge in [-0.3, -0.25) is 0 Å².